The Bertz CT molecular complexity index is 942. The lowest BCUT2D eigenvalue weighted by Crippen LogP contribution is -2.34. The molecular weight excluding hydrogens is 376 g/mol. The van der Waals surface area contributed by atoms with Gasteiger partial charge in [0, 0.05) is 60.3 Å². The van der Waals surface area contributed by atoms with E-state index in [2.05, 4.69) is 69.2 Å². The second-order valence-corrected chi connectivity index (χ2v) is 10.0. The number of fused-ring (bicyclic) bond motifs is 1. The lowest BCUT2D eigenvalue weighted by molar-refractivity contribution is 0.241. The molecule has 0 radical (unpaired) electrons. The first-order chi connectivity index (χ1) is 14.2. The van der Waals surface area contributed by atoms with E-state index in [1.807, 2.05) is 23.7 Å². The van der Waals surface area contributed by atoms with Gasteiger partial charge in [0.25, 0.3) is 0 Å². The van der Waals surface area contributed by atoms with Crippen molar-refractivity contribution in [3.8, 4) is 0 Å². The Morgan fingerprint density at radius 3 is 2.72 bits per heavy atom. The maximum atomic E-state index is 4.58. The maximum Gasteiger partial charge on any atom is 0.147 e. The van der Waals surface area contributed by atoms with E-state index in [1.165, 1.54) is 34.8 Å². The fourth-order valence-corrected chi connectivity index (χ4v) is 6.16. The number of aryl methyl sites for hydroxylation is 2. The molecule has 2 atom stereocenters. The second-order valence-electron chi connectivity index (χ2n) is 8.67. The average Bonchev–Trinajstić information content (AvgIpc) is 3.40. The van der Waals surface area contributed by atoms with Gasteiger partial charge in [-0.2, -0.15) is 0 Å². The van der Waals surface area contributed by atoms with Crippen molar-refractivity contribution in [1.29, 1.82) is 0 Å². The highest BCUT2D eigenvalue weighted by molar-refractivity contribution is 7.11. The summed E-state index contributed by atoms with van der Waals surface area (Å²) < 4.78 is 0. The number of nitrogens with zero attached hydrogens (tertiary/aromatic N) is 4. The van der Waals surface area contributed by atoms with Crippen molar-refractivity contribution in [3.05, 3.63) is 76.4 Å². The van der Waals surface area contributed by atoms with Crippen LogP contribution in [0.15, 0.2) is 61.1 Å². The summed E-state index contributed by atoms with van der Waals surface area (Å²) in [7, 11) is 0. The van der Waals surface area contributed by atoms with Gasteiger partial charge in [-0.15, -0.1) is 11.3 Å². The van der Waals surface area contributed by atoms with Crippen molar-refractivity contribution in [2.45, 2.75) is 26.3 Å². The minimum absolute atomic E-state index is 0.333. The average molecular weight is 405 g/mol. The zero-order valence-electron chi connectivity index (χ0n) is 17.0. The molecule has 2 saturated heterocycles. The summed E-state index contributed by atoms with van der Waals surface area (Å²) >= 11 is 1.94. The fourth-order valence-electron chi connectivity index (χ4n) is 5.23. The van der Waals surface area contributed by atoms with Gasteiger partial charge in [-0.05, 0) is 43.4 Å². The molecule has 2 fully saturated rings. The molecule has 0 bridgehead atoms. The summed E-state index contributed by atoms with van der Waals surface area (Å²) in [4.78, 5) is 16.9. The molecule has 5 rings (SSSR count). The van der Waals surface area contributed by atoms with Gasteiger partial charge in [0.1, 0.15) is 5.82 Å². The highest BCUT2D eigenvalue weighted by Gasteiger charge is 2.52. The van der Waals surface area contributed by atoms with Crippen LogP contribution < -0.4 is 4.90 Å². The number of anilines is 1. The predicted octanol–water partition coefficient (Wildman–Crippen LogP) is 4.42. The number of likely N-dealkylation sites (tertiary alicyclic amines) is 1. The van der Waals surface area contributed by atoms with Crippen molar-refractivity contribution in [3.63, 3.8) is 0 Å². The van der Waals surface area contributed by atoms with Gasteiger partial charge in [-0.25, -0.2) is 4.98 Å². The van der Waals surface area contributed by atoms with Crippen LogP contribution in [0.1, 0.15) is 21.7 Å². The van der Waals surface area contributed by atoms with Crippen molar-refractivity contribution in [2.24, 2.45) is 11.3 Å². The molecule has 2 aliphatic rings. The fraction of sp³-hybridized carbons (Fsp3) is 0.417. The van der Waals surface area contributed by atoms with E-state index in [0.29, 0.717) is 11.3 Å². The van der Waals surface area contributed by atoms with Gasteiger partial charge in [0.15, 0.2) is 0 Å². The summed E-state index contributed by atoms with van der Waals surface area (Å²) in [5.74, 6) is 1.72. The van der Waals surface area contributed by atoms with Crippen LogP contribution in [0.25, 0.3) is 0 Å². The molecule has 2 aromatic heterocycles. The number of rotatable bonds is 6. The summed E-state index contributed by atoms with van der Waals surface area (Å²) in [5, 5.41) is 0. The second kappa shape index (κ2) is 7.88. The third-order valence-electron chi connectivity index (χ3n) is 6.63. The number of thiophene rings is 1. The Morgan fingerprint density at radius 1 is 1.07 bits per heavy atom. The summed E-state index contributed by atoms with van der Waals surface area (Å²) in [5.41, 5.74) is 1.78. The van der Waals surface area contributed by atoms with E-state index < -0.39 is 0 Å². The molecule has 0 N–H and O–H groups in total. The molecule has 2 aliphatic heterocycles. The van der Waals surface area contributed by atoms with E-state index in [9.17, 15) is 0 Å². The monoisotopic (exact) mass is 404 g/mol. The molecule has 150 valence electrons. The molecule has 2 unspecified atom stereocenters. The smallest absolute Gasteiger partial charge is 0.147 e. The molecule has 0 aliphatic carbocycles. The molecule has 0 spiro atoms. The first kappa shape index (κ1) is 18.8. The number of hydrogen-bond donors (Lipinski definition) is 0. The van der Waals surface area contributed by atoms with Gasteiger partial charge in [-0.1, -0.05) is 30.3 Å². The minimum Gasteiger partial charge on any atom is -0.354 e. The van der Waals surface area contributed by atoms with Crippen molar-refractivity contribution < 1.29 is 0 Å². The minimum atomic E-state index is 0.333. The SMILES string of the molecule is Cc1ccc(CN2CC3CN(c4cnccn4)CC3(CCc3ccccc3)C2)s1. The number of benzene rings is 1. The third-order valence-corrected chi connectivity index (χ3v) is 7.62. The highest BCUT2D eigenvalue weighted by atomic mass is 32.1. The molecule has 5 heteroatoms. The van der Waals surface area contributed by atoms with E-state index in [0.717, 1.165) is 31.9 Å². The zero-order chi connectivity index (χ0) is 19.7. The van der Waals surface area contributed by atoms with Crippen molar-refractivity contribution in [1.82, 2.24) is 14.9 Å². The Balaban J connectivity index is 1.34. The summed E-state index contributed by atoms with van der Waals surface area (Å²) in [6, 6.07) is 15.5. The highest BCUT2D eigenvalue weighted by Crippen LogP contribution is 2.47. The number of aromatic nitrogens is 2. The van der Waals surface area contributed by atoms with Crippen LogP contribution in [-0.2, 0) is 13.0 Å². The zero-order valence-corrected chi connectivity index (χ0v) is 17.8. The predicted molar refractivity (Wildman–Crippen MR) is 119 cm³/mol. The van der Waals surface area contributed by atoms with Crippen LogP contribution in [0.2, 0.25) is 0 Å². The van der Waals surface area contributed by atoms with E-state index >= 15 is 0 Å². The Hall–Kier alpha value is -2.24. The molecule has 29 heavy (non-hydrogen) atoms. The van der Waals surface area contributed by atoms with Crippen LogP contribution in [0.5, 0.6) is 0 Å². The van der Waals surface area contributed by atoms with Gasteiger partial charge < -0.3 is 4.90 Å². The van der Waals surface area contributed by atoms with Crippen LogP contribution in [-0.4, -0.2) is 41.0 Å². The van der Waals surface area contributed by atoms with Gasteiger partial charge in [0.2, 0.25) is 0 Å². The van der Waals surface area contributed by atoms with Crippen LogP contribution in [0.3, 0.4) is 0 Å². The van der Waals surface area contributed by atoms with Crippen LogP contribution in [0.4, 0.5) is 5.82 Å². The largest absolute Gasteiger partial charge is 0.354 e. The van der Waals surface area contributed by atoms with Crippen LogP contribution >= 0.6 is 11.3 Å². The van der Waals surface area contributed by atoms with E-state index in [1.54, 1.807) is 6.20 Å². The molecule has 4 nitrogen and oxygen atoms in total. The molecule has 4 heterocycles. The number of hydrogen-bond acceptors (Lipinski definition) is 5. The molecule has 0 saturated carbocycles. The Labute approximate surface area is 177 Å². The molecule has 1 aromatic carbocycles. The Morgan fingerprint density at radius 2 is 1.97 bits per heavy atom. The maximum absolute atomic E-state index is 4.58. The topological polar surface area (TPSA) is 32.3 Å². The normalized spacial score (nSPS) is 24.2. The van der Waals surface area contributed by atoms with Gasteiger partial charge >= 0.3 is 0 Å². The first-order valence-corrected chi connectivity index (χ1v) is 11.3. The quantitative estimate of drug-likeness (QED) is 0.609. The molecular formula is C24H28N4S. The Kier molecular flexibility index (Phi) is 5.10. The lowest BCUT2D eigenvalue weighted by Gasteiger charge is -2.30. The summed E-state index contributed by atoms with van der Waals surface area (Å²) in [6.07, 6.45) is 7.87. The van der Waals surface area contributed by atoms with E-state index in [-0.39, 0.29) is 0 Å². The van der Waals surface area contributed by atoms with E-state index in [4.69, 9.17) is 0 Å². The molecule has 0 amide bonds. The van der Waals surface area contributed by atoms with Gasteiger partial charge in [0.05, 0.1) is 6.20 Å². The van der Waals surface area contributed by atoms with Crippen LogP contribution in [0, 0.1) is 18.3 Å². The summed E-state index contributed by atoms with van der Waals surface area (Å²) in [6.45, 7) is 7.83. The van der Waals surface area contributed by atoms with Crippen molar-refractivity contribution in [2.75, 3.05) is 31.1 Å². The van der Waals surface area contributed by atoms with Crippen molar-refractivity contribution >= 4 is 17.2 Å². The molecule has 3 aromatic rings. The lowest BCUT2D eigenvalue weighted by atomic mass is 9.76. The van der Waals surface area contributed by atoms with Gasteiger partial charge in [-0.3, -0.25) is 9.88 Å². The first-order valence-electron chi connectivity index (χ1n) is 10.5. The standard InChI is InChI=1S/C24H28N4S/c1-19-7-8-22(29-19)16-27-14-21-15-28(23-13-25-11-12-26-23)18-24(21,17-27)10-9-20-5-3-2-4-6-20/h2-8,11-13,21H,9-10,14-18H2,1H3. The third kappa shape index (κ3) is 3.94.